The van der Waals surface area contributed by atoms with Gasteiger partial charge in [-0.3, -0.25) is 14.6 Å². The van der Waals surface area contributed by atoms with E-state index in [0.717, 1.165) is 5.39 Å². The zero-order valence-electron chi connectivity index (χ0n) is 22.8. The number of carbonyl (C=O) groups is 2. The molecule has 40 heavy (non-hydrogen) atoms. The highest BCUT2D eigenvalue weighted by molar-refractivity contribution is 6.26. The van der Waals surface area contributed by atoms with Gasteiger partial charge in [-0.15, -0.1) is 0 Å². The Labute approximate surface area is 232 Å². The number of carbonyl (C=O) groups excluding carboxylic acids is 2. The number of benzene rings is 3. The number of rotatable bonds is 10. The molecular formula is C31H32N4O5. The van der Waals surface area contributed by atoms with Crippen molar-refractivity contribution in [2.24, 2.45) is 0 Å². The van der Waals surface area contributed by atoms with E-state index in [1.54, 1.807) is 101 Å². The van der Waals surface area contributed by atoms with Gasteiger partial charge in [-0.2, -0.15) is 0 Å². The first-order valence-electron chi connectivity index (χ1n) is 12.7. The van der Waals surface area contributed by atoms with E-state index in [1.807, 2.05) is 12.1 Å². The molecule has 9 heteroatoms. The molecular weight excluding hydrogens is 508 g/mol. The summed E-state index contributed by atoms with van der Waals surface area (Å²) in [4.78, 5) is 30.4. The van der Waals surface area contributed by atoms with Crippen molar-refractivity contribution in [1.29, 1.82) is 0 Å². The summed E-state index contributed by atoms with van der Waals surface area (Å²) in [6.45, 7) is 5.17. The highest BCUT2D eigenvalue weighted by atomic mass is 16.5. The minimum Gasteiger partial charge on any atom is -0.491 e. The topological polar surface area (TPSA) is 122 Å². The number of fused-ring (bicyclic) bond motifs is 1. The lowest BCUT2D eigenvalue weighted by molar-refractivity contribution is -0.118. The van der Waals surface area contributed by atoms with Gasteiger partial charge >= 0.3 is 0 Å². The Hall–Kier alpha value is -4.89. The third-order valence-electron chi connectivity index (χ3n) is 5.84. The quantitative estimate of drug-likeness (QED) is 0.123. The highest BCUT2D eigenvalue weighted by Crippen LogP contribution is 2.31. The fraction of sp³-hybridized carbons (Fsp3) is 0.194. The molecule has 1 heterocycles. The minimum atomic E-state index is -0.947. The first-order valence-corrected chi connectivity index (χ1v) is 12.7. The number of aromatic nitrogens is 1. The molecule has 206 valence electrons. The van der Waals surface area contributed by atoms with E-state index < -0.39 is 17.4 Å². The number of ether oxygens (including phenoxy) is 2. The summed E-state index contributed by atoms with van der Waals surface area (Å²) in [6.07, 6.45) is 1.64. The molecule has 2 amide bonds. The van der Waals surface area contributed by atoms with Crippen molar-refractivity contribution in [3.8, 4) is 17.2 Å². The number of allylic oxidation sites excluding steroid dienone is 1. The van der Waals surface area contributed by atoms with Gasteiger partial charge < -0.3 is 30.5 Å². The van der Waals surface area contributed by atoms with Crippen molar-refractivity contribution in [2.45, 2.75) is 26.4 Å². The second-order valence-corrected chi connectivity index (χ2v) is 9.74. The summed E-state index contributed by atoms with van der Waals surface area (Å²) in [5, 5.41) is 19.1. The van der Waals surface area contributed by atoms with Crippen LogP contribution in [0.1, 0.15) is 20.8 Å². The Morgan fingerprint density at radius 3 is 2.12 bits per heavy atom. The number of hydrogen-bond acceptors (Lipinski definition) is 7. The molecule has 0 saturated heterocycles. The highest BCUT2D eigenvalue weighted by Gasteiger charge is 2.22. The van der Waals surface area contributed by atoms with Gasteiger partial charge in [-0.25, -0.2) is 0 Å². The largest absolute Gasteiger partial charge is 0.491 e. The molecule has 4 N–H and O–H groups in total. The molecule has 9 nitrogen and oxygen atoms in total. The lowest BCUT2D eigenvalue weighted by Gasteiger charge is -2.18. The molecule has 1 aromatic heterocycles. The lowest BCUT2D eigenvalue weighted by atomic mass is 10.1. The van der Waals surface area contributed by atoms with E-state index in [2.05, 4.69) is 20.9 Å². The van der Waals surface area contributed by atoms with Crippen molar-refractivity contribution in [1.82, 2.24) is 10.3 Å². The van der Waals surface area contributed by atoms with Crippen LogP contribution in [0.4, 0.5) is 11.4 Å². The summed E-state index contributed by atoms with van der Waals surface area (Å²) in [5.74, 6) is 0.684. The maximum Gasteiger partial charge on any atom is 0.263 e. The summed E-state index contributed by atoms with van der Waals surface area (Å²) in [7, 11) is 1.65. The lowest BCUT2D eigenvalue weighted by Crippen LogP contribution is -2.29. The van der Waals surface area contributed by atoms with Crippen LogP contribution in [-0.2, 0) is 9.59 Å². The Morgan fingerprint density at radius 2 is 1.50 bits per heavy atom. The van der Waals surface area contributed by atoms with Crippen LogP contribution in [0.2, 0.25) is 0 Å². The molecule has 4 aromatic rings. The van der Waals surface area contributed by atoms with E-state index in [9.17, 15) is 14.7 Å². The summed E-state index contributed by atoms with van der Waals surface area (Å²) in [5.41, 5.74) is 1.23. The van der Waals surface area contributed by atoms with E-state index in [-0.39, 0.29) is 12.2 Å². The minimum absolute atomic E-state index is 0.0270. The number of nitrogens with zero attached hydrogens (tertiary/aromatic N) is 1. The van der Waals surface area contributed by atoms with Gasteiger partial charge in [0.05, 0.1) is 11.1 Å². The van der Waals surface area contributed by atoms with E-state index >= 15 is 0 Å². The van der Waals surface area contributed by atoms with Gasteiger partial charge in [0.1, 0.15) is 29.4 Å². The number of para-hydroxylation sites is 1. The van der Waals surface area contributed by atoms with Crippen molar-refractivity contribution in [2.75, 3.05) is 24.3 Å². The van der Waals surface area contributed by atoms with E-state index in [4.69, 9.17) is 9.47 Å². The summed E-state index contributed by atoms with van der Waals surface area (Å²) < 4.78 is 11.8. The third-order valence-corrected chi connectivity index (χ3v) is 5.84. The number of pyridine rings is 1. The summed E-state index contributed by atoms with van der Waals surface area (Å²) in [6, 6.07) is 23.0. The van der Waals surface area contributed by atoms with Crippen molar-refractivity contribution in [3.63, 3.8) is 0 Å². The number of hydrogen-bond donors (Lipinski definition) is 4. The van der Waals surface area contributed by atoms with Gasteiger partial charge in [0, 0.05) is 41.8 Å². The molecule has 4 rings (SSSR count). The fourth-order valence-electron chi connectivity index (χ4n) is 3.75. The molecule has 0 unspecified atom stereocenters. The Morgan fingerprint density at radius 1 is 0.875 bits per heavy atom. The van der Waals surface area contributed by atoms with Gasteiger partial charge in [0.2, 0.25) is 0 Å². The molecule has 0 fully saturated rings. The Balaban J connectivity index is 1.45. The molecule has 0 atom stereocenters. The zero-order valence-corrected chi connectivity index (χ0v) is 22.8. The predicted molar refractivity (Wildman–Crippen MR) is 156 cm³/mol. The molecule has 0 aliphatic carbocycles. The molecule has 0 aliphatic rings. The van der Waals surface area contributed by atoms with Crippen LogP contribution < -0.4 is 25.4 Å². The second-order valence-electron chi connectivity index (χ2n) is 9.74. The van der Waals surface area contributed by atoms with Crippen LogP contribution >= 0.6 is 0 Å². The zero-order chi connectivity index (χ0) is 28.7. The normalized spacial score (nSPS) is 11.8. The smallest absolute Gasteiger partial charge is 0.263 e. The fourth-order valence-corrected chi connectivity index (χ4v) is 3.75. The van der Waals surface area contributed by atoms with Crippen LogP contribution in [0.5, 0.6) is 17.2 Å². The molecule has 3 aromatic carbocycles. The predicted octanol–water partition coefficient (Wildman–Crippen LogP) is 5.25. The van der Waals surface area contributed by atoms with Gasteiger partial charge in [-0.1, -0.05) is 18.2 Å². The van der Waals surface area contributed by atoms with Crippen LogP contribution in [0, 0.1) is 0 Å². The number of amides is 2. The van der Waals surface area contributed by atoms with Crippen LogP contribution in [0.15, 0.2) is 96.3 Å². The standard InChI is InChI=1S/C31H32N4O5/c1-20(32-4)28(29(36)34-21-8-6-5-7-9-21)30(37)35-22-10-12-23(13-11-22)40-27-16-17-33-26-18-24(14-15-25(26)27)39-19-31(2,3)38/h5-18,32,38H,19H2,1-4H3,(H,34,36)(H,35,37)/b28-20+. The second kappa shape index (κ2) is 12.3. The number of anilines is 2. The maximum absolute atomic E-state index is 13.1. The van der Waals surface area contributed by atoms with Gasteiger partial charge in [-0.05, 0) is 75.4 Å². The third kappa shape index (κ3) is 7.36. The van der Waals surface area contributed by atoms with Crippen LogP contribution in [0.25, 0.3) is 10.9 Å². The van der Waals surface area contributed by atoms with Gasteiger partial charge in [0.15, 0.2) is 0 Å². The monoisotopic (exact) mass is 540 g/mol. The first kappa shape index (κ1) is 28.1. The summed E-state index contributed by atoms with van der Waals surface area (Å²) >= 11 is 0. The van der Waals surface area contributed by atoms with Gasteiger partial charge in [0.25, 0.3) is 11.8 Å². The molecule has 0 bridgehead atoms. The maximum atomic E-state index is 13.1. The average molecular weight is 541 g/mol. The number of nitrogens with one attached hydrogen (secondary N) is 3. The SMILES string of the molecule is CN/C(C)=C(\C(=O)Nc1ccccc1)C(=O)Nc1ccc(Oc2ccnc3cc(OCC(C)(C)O)ccc23)cc1. The Bertz CT molecular complexity index is 1530. The average Bonchev–Trinajstić information content (AvgIpc) is 2.93. The molecule has 0 saturated carbocycles. The van der Waals surface area contributed by atoms with E-state index in [1.165, 1.54) is 0 Å². The van der Waals surface area contributed by atoms with Crippen molar-refractivity contribution >= 4 is 34.1 Å². The van der Waals surface area contributed by atoms with Crippen LogP contribution in [0.3, 0.4) is 0 Å². The molecule has 0 aliphatic heterocycles. The van der Waals surface area contributed by atoms with Crippen molar-refractivity contribution < 1.29 is 24.2 Å². The molecule has 0 radical (unpaired) electrons. The molecule has 0 spiro atoms. The Kier molecular flexibility index (Phi) is 8.66. The van der Waals surface area contributed by atoms with Crippen molar-refractivity contribution in [3.05, 3.63) is 96.3 Å². The van der Waals surface area contributed by atoms with E-state index in [0.29, 0.717) is 39.8 Å². The number of aliphatic hydroxyl groups is 1. The first-order chi connectivity index (χ1) is 19.1. The van der Waals surface area contributed by atoms with Crippen LogP contribution in [-0.4, -0.2) is 41.2 Å².